The molecule has 1 amide bonds. The number of rotatable bonds is 6. The Bertz CT molecular complexity index is 1190. The van der Waals surface area contributed by atoms with E-state index in [1.165, 1.54) is 6.92 Å². The average molecular weight is 522 g/mol. The quantitative estimate of drug-likeness (QED) is 0.530. The number of nitrogens with two attached hydrogens (primary N) is 1. The van der Waals surface area contributed by atoms with E-state index in [0.717, 1.165) is 24.4 Å². The van der Waals surface area contributed by atoms with Crippen LogP contribution in [0.3, 0.4) is 0 Å². The molecule has 4 rings (SSSR count). The number of pyridine rings is 1. The van der Waals surface area contributed by atoms with E-state index in [1.54, 1.807) is 0 Å². The molecule has 2 heterocycles. The van der Waals surface area contributed by atoms with Gasteiger partial charge in [0.05, 0.1) is 16.5 Å². The summed E-state index contributed by atoms with van der Waals surface area (Å²) in [6.45, 7) is -0.172. The van der Waals surface area contributed by atoms with Crippen LogP contribution in [0.15, 0.2) is 35.5 Å². The molecule has 14 heteroatoms. The van der Waals surface area contributed by atoms with Gasteiger partial charge >= 0.3 is 6.18 Å². The molecule has 6 nitrogen and oxygen atoms in total. The molecule has 3 atom stereocenters. The van der Waals surface area contributed by atoms with Crippen molar-refractivity contribution < 1.29 is 40.3 Å². The summed E-state index contributed by atoms with van der Waals surface area (Å²) in [5.74, 6) is -4.60. The Balaban J connectivity index is 1.57. The number of alkyl halides is 5. The number of hydrogen-bond donors (Lipinski definition) is 2. The SMILES string of the molecule is C[C@]1(c2cc(NC(=O)c3ccc(OCC(F)(F)F)cn3)cc(F)c2F)N=C(N)S[C@@]2(C(F)F)C[C@@H]12. The Kier molecular flexibility index (Phi) is 6.14. The maximum absolute atomic E-state index is 14.8. The lowest BCUT2D eigenvalue weighted by molar-refractivity contribution is -0.153. The summed E-state index contributed by atoms with van der Waals surface area (Å²) in [5, 5.41) is 2.12. The number of aromatic nitrogens is 1. The first kappa shape index (κ1) is 25.1. The number of fused-ring (bicyclic) bond motifs is 1. The summed E-state index contributed by atoms with van der Waals surface area (Å²) in [6.07, 6.45) is -6.44. The third-order valence-corrected chi connectivity index (χ3v) is 7.15. The second kappa shape index (κ2) is 8.57. The van der Waals surface area contributed by atoms with Crippen molar-refractivity contribution in [1.29, 1.82) is 0 Å². The number of nitrogens with zero attached hydrogens (tertiary/aromatic N) is 2. The van der Waals surface area contributed by atoms with Gasteiger partial charge in [0.15, 0.2) is 23.4 Å². The van der Waals surface area contributed by atoms with Gasteiger partial charge in [0, 0.05) is 23.2 Å². The van der Waals surface area contributed by atoms with Crippen molar-refractivity contribution in [3.8, 4) is 5.75 Å². The van der Waals surface area contributed by atoms with E-state index in [4.69, 9.17) is 5.73 Å². The third-order valence-electron chi connectivity index (χ3n) is 5.84. The molecule has 2 aromatic rings. The maximum Gasteiger partial charge on any atom is 0.422 e. The highest BCUT2D eigenvalue weighted by Crippen LogP contribution is 2.68. The van der Waals surface area contributed by atoms with Crippen molar-refractivity contribution in [1.82, 2.24) is 4.98 Å². The van der Waals surface area contributed by atoms with Crippen molar-refractivity contribution in [3.05, 3.63) is 53.4 Å². The lowest BCUT2D eigenvalue weighted by Gasteiger charge is -2.34. The lowest BCUT2D eigenvalue weighted by atomic mass is 9.85. The summed E-state index contributed by atoms with van der Waals surface area (Å²) in [5.41, 5.74) is 3.32. The number of carbonyl (C=O) groups is 1. The van der Waals surface area contributed by atoms with Crippen molar-refractivity contribution in [3.63, 3.8) is 0 Å². The number of benzene rings is 1. The van der Waals surface area contributed by atoms with Gasteiger partial charge in [0.2, 0.25) is 0 Å². The molecule has 0 saturated heterocycles. The van der Waals surface area contributed by atoms with E-state index < -0.39 is 53.0 Å². The molecule has 1 aromatic heterocycles. The third kappa shape index (κ3) is 4.75. The van der Waals surface area contributed by atoms with Crippen LogP contribution in [0.4, 0.5) is 36.4 Å². The molecular weight excluding hydrogens is 505 g/mol. The van der Waals surface area contributed by atoms with Gasteiger partial charge in [-0.15, -0.1) is 0 Å². The second-order valence-corrected chi connectivity index (χ2v) is 9.65. The smallest absolute Gasteiger partial charge is 0.422 e. The monoisotopic (exact) mass is 522 g/mol. The first-order valence-corrected chi connectivity index (χ1v) is 10.9. The van der Waals surface area contributed by atoms with Gasteiger partial charge in [-0.3, -0.25) is 9.79 Å². The van der Waals surface area contributed by atoms with Crippen molar-refractivity contribution in [2.75, 3.05) is 11.9 Å². The number of amides is 1. The van der Waals surface area contributed by atoms with E-state index in [2.05, 4.69) is 20.0 Å². The Morgan fingerprint density at radius 2 is 2.03 bits per heavy atom. The van der Waals surface area contributed by atoms with Crippen LogP contribution in [0, 0.1) is 17.6 Å². The molecule has 3 N–H and O–H groups in total. The van der Waals surface area contributed by atoms with E-state index in [9.17, 15) is 35.5 Å². The normalized spacial score (nSPS) is 25.6. The van der Waals surface area contributed by atoms with E-state index >= 15 is 0 Å². The molecule has 1 fully saturated rings. The fourth-order valence-electron chi connectivity index (χ4n) is 4.10. The molecule has 2 aliphatic rings. The maximum atomic E-state index is 14.8. The summed E-state index contributed by atoms with van der Waals surface area (Å²) in [7, 11) is 0. The second-order valence-electron chi connectivity index (χ2n) is 8.27. The van der Waals surface area contributed by atoms with Crippen LogP contribution in [0.1, 0.15) is 29.4 Å². The predicted molar refractivity (Wildman–Crippen MR) is 114 cm³/mol. The van der Waals surface area contributed by atoms with Crippen LogP contribution in [0.25, 0.3) is 0 Å². The Hall–Kier alpha value is -3.03. The molecular formula is C21H17F7N4O2S. The number of aliphatic imine (C=N–C) groups is 1. The van der Waals surface area contributed by atoms with Crippen LogP contribution >= 0.6 is 11.8 Å². The van der Waals surface area contributed by atoms with Gasteiger partial charge in [0.25, 0.3) is 12.3 Å². The van der Waals surface area contributed by atoms with Gasteiger partial charge in [-0.25, -0.2) is 22.5 Å². The highest BCUT2D eigenvalue weighted by Gasteiger charge is 2.71. The van der Waals surface area contributed by atoms with Crippen LogP contribution in [0.2, 0.25) is 0 Å². The first-order chi connectivity index (χ1) is 16.2. The zero-order valence-electron chi connectivity index (χ0n) is 17.8. The number of nitrogens with one attached hydrogen (secondary N) is 1. The number of halogens is 7. The number of thioether (sulfide) groups is 1. The zero-order chi connectivity index (χ0) is 25.8. The molecule has 35 heavy (non-hydrogen) atoms. The Morgan fingerprint density at radius 3 is 2.63 bits per heavy atom. The summed E-state index contributed by atoms with van der Waals surface area (Å²) in [4.78, 5) is 20.4. The van der Waals surface area contributed by atoms with Gasteiger partial charge in [-0.05, 0) is 31.5 Å². The molecule has 0 spiro atoms. The van der Waals surface area contributed by atoms with E-state index in [0.29, 0.717) is 17.8 Å². The Morgan fingerprint density at radius 1 is 1.31 bits per heavy atom. The number of ether oxygens (including phenoxy) is 1. The van der Waals surface area contributed by atoms with Crippen LogP contribution in [0.5, 0.6) is 5.75 Å². The van der Waals surface area contributed by atoms with Gasteiger partial charge in [-0.1, -0.05) is 11.8 Å². The highest BCUT2D eigenvalue weighted by molar-refractivity contribution is 8.15. The van der Waals surface area contributed by atoms with Crippen LogP contribution in [-0.4, -0.2) is 40.0 Å². The molecule has 0 unspecified atom stereocenters. The number of amidine groups is 1. The van der Waals surface area contributed by atoms with Crippen LogP contribution < -0.4 is 15.8 Å². The largest absolute Gasteiger partial charge is 0.483 e. The minimum absolute atomic E-state index is 0.0135. The van der Waals surface area contributed by atoms with E-state index in [1.807, 2.05) is 0 Å². The predicted octanol–water partition coefficient (Wildman–Crippen LogP) is 4.85. The topological polar surface area (TPSA) is 89.6 Å². The average Bonchev–Trinajstić information content (AvgIpc) is 3.51. The standard InChI is InChI=1S/C21H17F7N4O2S/c1-19(14-6-20(14,17(24)25)35-18(29)32-19)11-4-9(5-12(22)15(11)23)31-16(33)13-3-2-10(7-30-13)34-8-21(26,27)28/h2-5,7,14,17H,6,8H2,1H3,(H2,29,32)(H,31,33)/t14-,19+,20-/m0/s1. The Labute approximate surface area is 198 Å². The number of carbonyl (C=O) groups excluding carboxylic acids is 1. The highest BCUT2D eigenvalue weighted by atomic mass is 32.2. The summed E-state index contributed by atoms with van der Waals surface area (Å²) >= 11 is 0.707. The van der Waals surface area contributed by atoms with Gasteiger partial charge < -0.3 is 15.8 Å². The molecule has 1 aliphatic carbocycles. The lowest BCUT2D eigenvalue weighted by Crippen LogP contribution is -2.39. The summed E-state index contributed by atoms with van der Waals surface area (Å²) in [6, 6.07) is 3.94. The minimum Gasteiger partial charge on any atom is -0.483 e. The fraction of sp³-hybridized carbons (Fsp3) is 0.381. The fourth-order valence-corrected chi connectivity index (χ4v) is 5.43. The molecule has 1 aromatic carbocycles. The number of hydrogen-bond acceptors (Lipinski definition) is 6. The molecule has 188 valence electrons. The van der Waals surface area contributed by atoms with Gasteiger partial charge in [-0.2, -0.15) is 13.2 Å². The number of anilines is 1. The minimum atomic E-state index is -4.56. The van der Waals surface area contributed by atoms with Crippen LogP contribution in [-0.2, 0) is 5.54 Å². The van der Waals surface area contributed by atoms with Crippen molar-refractivity contribution >= 4 is 28.5 Å². The molecule has 1 aliphatic heterocycles. The van der Waals surface area contributed by atoms with E-state index in [-0.39, 0.29) is 34.3 Å². The zero-order valence-corrected chi connectivity index (χ0v) is 18.6. The molecule has 0 radical (unpaired) electrons. The molecule has 1 saturated carbocycles. The molecule has 0 bridgehead atoms. The summed E-state index contributed by atoms with van der Waals surface area (Å²) < 4.78 is 96.3. The van der Waals surface area contributed by atoms with Crippen molar-refractivity contribution in [2.24, 2.45) is 16.6 Å². The van der Waals surface area contributed by atoms with Gasteiger partial charge in [0.1, 0.15) is 11.4 Å². The van der Waals surface area contributed by atoms with Crippen molar-refractivity contribution in [2.45, 2.75) is 36.2 Å². The first-order valence-electron chi connectivity index (χ1n) is 10.0.